The summed E-state index contributed by atoms with van der Waals surface area (Å²) >= 11 is 3.84. The number of rotatable bonds is 8. The molecule has 0 aromatic carbocycles. The molecule has 0 aliphatic carbocycles. The third-order valence-corrected chi connectivity index (χ3v) is 8.99. The number of β-lactam (4-membered cyclic amide) rings is 1. The summed E-state index contributed by atoms with van der Waals surface area (Å²) in [6, 6.07) is -0.936. The molecule has 1 aromatic heterocycles. The van der Waals surface area contributed by atoms with Crippen molar-refractivity contribution in [2.24, 2.45) is 15.9 Å². The smallest absolute Gasteiger partial charge is 0.352 e. The van der Waals surface area contributed by atoms with E-state index in [4.69, 9.17) is 16.3 Å². The third kappa shape index (κ3) is 5.31. The first-order valence-electron chi connectivity index (χ1n) is 11.1. The number of nitrogens with two attached hydrogens (primary N) is 2. The van der Waals surface area contributed by atoms with Crippen LogP contribution in [0, 0.1) is 0 Å². The van der Waals surface area contributed by atoms with Crippen LogP contribution in [0.15, 0.2) is 38.7 Å². The van der Waals surface area contributed by atoms with Gasteiger partial charge in [0.15, 0.2) is 16.0 Å². The number of amides is 2. The Kier molecular flexibility index (Phi) is 8.19. The predicted molar refractivity (Wildman–Crippen MR) is 147 cm³/mol. The number of aliphatic imine (C=N–C) groups is 1. The molecule has 1 aromatic rings. The number of aliphatic carboxylic acids is 1. The molecule has 3 aliphatic rings. The van der Waals surface area contributed by atoms with Crippen molar-refractivity contribution in [3.63, 3.8) is 0 Å². The number of oxime groups is 1. The second-order valence-corrected chi connectivity index (χ2v) is 11.5. The molecule has 17 heteroatoms. The zero-order valence-electron chi connectivity index (χ0n) is 20.9. The fraction of sp³-hybridized carbons (Fsp3) is 0.429. The molecule has 0 bridgehead atoms. The molecule has 14 nitrogen and oxygen atoms in total. The summed E-state index contributed by atoms with van der Waals surface area (Å²) in [5.74, 6) is -1.39. The Bertz CT molecular complexity index is 1270. The molecule has 1 saturated heterocycles. The van der Waals surface area contributed by atoms with Crippen LogP contribution in [0.3, 0.4) is 0 Å². The molecule has 3 atom stereocenters. The Hall–Kier alpha value is -3.28. The van der Waals surface area contributed by atoms with Crippen molar-refractivity contribution in [2.75, 3.05) is 45.5 Å². The molecular formula is C21H27N9O5S3. The van der Waals surface area contributed by atoms with Gasteiger partial charge in [0.1, 0.15) is 41.9 Å². The summed E-state index contributed by atoms with van der Waals surface area (Å²) in [7, 11) is 7.00. The molecule has 204 valence electrons. The second kappa shape index (κ2) is 11.2. The number of hydrogen-bond donors (Lipinski definition) is 4. The second-order valence-electron chi connectivity index (χ2n) is 8.57. The fourth-order valence-corrected chi connectivity index (χ4v) is 7.13. The summed E-state index contributed by atoms with van der Waals surface area (Å²) in [5, 5.41) is 18.2. The lowest BCUT2D eigenvalue weighted by Gasteiger charge is -2.49. The van der Waals surface area contributed by atoms with Crippen molar-refractivity contribution in [1.29, 1.82) is 0 Å². The number of carbonyl (C=O) groups is 3. The SMILES string of the molecule is CO/N=C(\C(=O)NC1C(=O)N2C(C(=O)O)=C(CSC3=NC(N)=CC(N(C)C)N3C)CS[C@@H]12)c1csc(N)n1. The number of fused-ring (bicyclic) bond motifs is 1. The van der Waals surface area contributed by atoms with Crippen LogP contribution in [0.5, 0.6) is 0 Å². The third-order valence-electron chi connectivity index (χ3n) is 5.85. The monoisotopic (exact) mass is 581 g/mol. The van der Waals surface area contributed by atoms with E-state index in [1.165, 1.54) is 35.5 Å². The number of amidine groups is 1. The van der Waals surface area contributed by atoms with Gasteiger partial charge in [0.05, 0.1) is 0 Å². The van der Waals surface area contributed by atoms with Gasteiger partial charge in [-0.25, -0.2) is 14.8 Å². The quantitative estimate of drug-likeness (QED) is 0.176. The Labute approximate surface area is 230 Å². The molecule has 2 amide bonds. The summed E-state index contributed by atoms with van der Waals surface area (Å²) in [5.41, 5.74) is 12.2. The van der Waals surface area contributed by atoms with Crippen LogP contribution in [-0.4, -0.2) is 111 Å². The highest BCUT2D eigenvalue weighted by molar-refractivity contribution is 8.14. The summed E-state index contributed by atoms with van der Waals surface area (Å²) in [6.07, 6.45) is 1.73. The number of carboxylic acids is 1. The van der Waals surface area contributed by atoms with Crippen molar-refractivity contribution < 1.29 is 24.3 Å². The molecule has 0 radical (unpaired) electrons. The van der Waals surface area contributed by atoms with Gasteiger partial charge in [-0.3, -0.25) is 19.4 Å². The van der Waals surface area contributed by atoms with Crippen molar-refractivity contribution in [2.45, 2.75) is 17.6 Å². The minimum atomic E-state index is -1.21. The predicted octanol–water partition coefficient (Wildman–Crippen LogP) is -0.463. The number of carbonyl (C=O) groups excluding carboxylic acids is 2. The maximum absolute atomic E-state index is 13.1. The Morgan fingerprint density at radius 2 is 2.13 bits per heavy atom. The van der Waals surface area contributed by atoms with Crippen LogP contribution < -0.4 is 16.8 Å². The first kappa shape index (κ1) is 27.7. The molecule has 2 unspecified atom stereocenters. The molecule has 1 fully saturated rings. The van der Waals surface area contributed by atoms with E-state index in [9.17, 15) is 19.5 Å². The number of nitrogens with one attached hydrogen (secondary N) is 1. The van der Waals surface area contributed by atoms with Gasteiger partial charge < -0.3 is 31.6 Å². The fourth-order valence-electron chi connectivity index (χ4n) is 4.08. The van der Waals surface area contributed by atoms with E-state index >= 15 is 0 Å². The van der Waals surface area contributed by atoms with E-state index in [0.717, 1.165) is 11.3 Å². The first-order valence-corrected chi connectivity index (χ1v) is 14.1. The van der Waals surface area contributed by atoms with Crippen molar-refractivity contribution >= 4 is 68.7 Å². The highest BCUT2D eigenvalue weighted by Crippen LogP contribution is 2.41. The summed E-state index contributed by atoms with van der Waals surface area (Å²) in [6.45, 7) is 0. The number of thiazole rings is 1. The van der Waals surface area contributed by atoms with Gasteiger partial charge in [-0.2, -0.15) is 0 Å². The average molecular weight is 582 g/mol. The molecule has 0 saturated carbocycles. The highest BCUT2D eigenvalue weighted by Gasteiger charge is 2.54. The van der Waals surface area contributed by atoms with Gasteiger partial charge in [0, 0.05) is 23.9 Å². The van der Waals surface area contributed by atoms with Crippen molar-refractivity contribution in [3.05, 3.63) is 34.2 Å². The van der Waals surface area contributed by atoms with Crippen molar-refractivity contribution in [1.82, 2.24) is 25.0 Å². The maximum atomic E-state index is 13.1. The van der Waals surface area contributed by atoms with E-state index < -0.39 is 29.2 Å². The maximum Gasteiger partial charge on any atom is 0.352 e. The van der Waals surface area contributed by atoms with Gasteiger partial charge in [0.2, 0.25) is 0 Å². The van der Waals surface area contributed by atoms with Gasteiger partial charge >= 0.3 is 5.97 Å². The minimum absolute atomic E-state index is 0.0819. The number of aromatic nitrogens is 1. The van der Waals surface area contributed by atoms with Gasteiger partial charge in [-0.15, -0.1) is 23.1 Å². The molecule has 4 heterocycles. The van der Waals surface area contributed by atoms with Crippen LogP contribution in [-0.2, 0) is 19.2 Å². The number of hydrogen-bond acceptors (Lipinski definition) is 14. The molecule has 3 aliphatic heterocycles. The van der Waals surface area contributed by atoms with Crippen LogP contribution in [0.4, 0.5) is 5.13 Å². The van der Waals surface area contributed by atoms with E-state index in [2.05, 4.69) is 20.4 Å². The highest BCUT2D eigenvalue weighted by atomic mass is 32.2. The number of anilines is 1. The van der Waals surface area contributed by atoms with Crippen LogP contribution >= 0.6 is 34.9 Å². The normalized spacial score (nSPS) is 23.6. The number of nitrogen functional groups attached to an aromatic ring is 1. The topological polar surface area (TPSA) is 192 Å². The number of nitrogens with zero attached hydrogens (tertiary/aromatic N) is 6. The van der Waals surface area contributed by atoms with Gasteiger partial charge in [0.25, 0.3) is 11.8 Å². The van der Waals surface area contributed by atoms with Crippen LogP contribution in [0.2, 0.25) is 0 Å². The van der Waals surface area contributed by atoms with Gasteiger partial charge in [-0.05, 0) is 25.7 Å². The van der Waals surface area contributed by atoms with Gasteiger partial charge in [-0.1, -0.05) is 16.9 Å². The number of likely N-dealkylation sites (N-methyl/N-ethyl adjacent to an activating group) is 2. The lowest BCUT2D eigenvalue weighted by atomic mass is 10.0. The van der Waals surface area contributed by atoms with E-state index in [1.54, 1.807) is 5.38 Å². The largest absolute Gasteiger partial charge is 0.477 e. The van der Waals surface area contributed by atoms with E-state index in [1.807, 2.05) is 37.0 Å². The zero-order chi connectivity index (χ0) is 27.7. The molecule has 6 N–H and O–H groups in total. The first-order chi connectivity index (χ1) is 18.0. The Balaban J connectivity index is 1.48. The van der Waals surface area contributed by atoms with E-state index in [-0.39, 0.29) is 28.4 Å². The standard InChI is InChI=1S/C21H27N9O5S3/c1-28(2)12-5-11(22)25-21(29(12)3)38-7-9-6-36-18-14(17(32)30(18)15(9)19(33)34)26-16(31)13(27-35-4)10-8-37-20(23)24-10/h5,8,12,14,18H,6-7,22H2,1-4H3,(H2,23,24)(H,26,31)(H,33,34)/b27-13-/t12?,14?,18-/m0/s1. The Morgan fingerprint density at radius 1 is 1.39 bits per heavy atom. The van der Waals surface area contributed by atoms with E-state index in [0.29, 0.717) is 28.1 Å². The molecule has 0 spiro atoms. The van der Waals surface area contributed by atoms with Crippen molar-refractivity contribution in [3.8, 4) is 0 Å². The molecule has 4 rings (SSSR count). The minimum Gasteiger partial charge on any atom is -0.477 e. The Morgan fingerprint density at radius 3 is 2.74 bits per heavy atom. The summed E-state index contributed by atoms with van der Waals surface area (Å²) in [4.78, 5) is 56.5. The average Bonchev–Trinajstić information content (AvgIpc) is 3.30. The molecular weight excluding hydrogens is 554 g/mol. The molecule has 38 heavy (non-hydrogen) atoms. The number of carboxylic acid groups (broad SMARTS) is 1. The summed E-state index contributed by atoms with van der Waals surface area (Å²) < 4.78 is 0. The van der Waals surface area contributed by atoms with Crippen LogP contribution in [0.1, 0.15) is 5.69 Å². The van der Waals surface area contributed by atoms with Crippen LogP contribution in [0.25, 0.3) is 0 Å². The zero-order valence-corrected chi connectivity index (χ0v) is 23.4. The number of thioether (sulfide) groups is 2. The lowest BCUT2D eigenvalue weighted by Crippen LogP contribution is -2.71. The lowest BCUT2D eigenvalue weighted by molar-refractivity contribution is -0.150.